The van der Waals surface area contributed by atoms with E-state index in [-0.39, 0.29) is 0 Å². The largest absolute Gasteiger partial charge is 0.338 e. The van der Waals surface area contributed by atoms with Crippen molar-refractivity contribution in [2.45, 2.75) is 0 Å². The van der Waals surface area contributed by atoms with E-state index in [0.29, 0.717) is 0 Å². The Balaban J connectivity index is 1.81. The van der Waals surface area contributed by atoms with E-state index in [0.717, 1.165) is 49.0 Å². The van der Waals surface area contributed by atoms with E-state index in [1.807, 2.05) is 6.07 Å². The second kappa shape index (κ2) is 5.05. The van der Waals surface area contributed by atoms with Crippen LogP contribution >= 0.6 is 11.3 Å². The third-order valence-electron chi connectivity index (χ3n) is 3.77. The van der Waals surface area contributed by atoms with Gasteiger partial charge in [-0.05, 0) is 28.9 Å². The Labute approximate surface area is 125 Å². The lowest BCUT2D eigenvalue weighted by Crippen LogP contribution is -2.45. The molecule has 4 heterocycles. The molecule has 1 fully saturated rings. The molecule has 0 aliphatic carbocycles. The Kier molecular flexibility index (Phi) is 3.04. The molecule has 1 saturated heterocycles. The topological polar surface area (TPSA) is 62.5 Å². The molecule has 0 aromatic carbocycles. The summed E-state index contributed by atoms with van der Waals surface area (Å²) in [5.74, 6) is 0.826. The summed E-state index contributed by atoms with van der Waals surface area (Å²) in [6, 6.07) is 4.00. The highest BCUT2D eigenvalue weighted by Gasteiger charge is 2.20. The predicted octanol–water partition coefficient (Wildman–Crippen LogP) is 1.000. The highest BCUT2D eigenvalue weighted by atomic mass is 32.1. The molecule has 4 rings (SSSR count). The maximum absolute atomic E-state index is 4.80. The number of piperazine rings is 1. The molecule has 7 nitrogen and oxygen atoms in total. The van der Waals surface area contributed by atoms with Crippen LogP contribution in [0, 0.1) is 0 Å². The third-order valence-corrected chi connectivity index (χ3v) is 4.46. The second-order valence-corrected chi connectivity index (χ2v) is 5.97. The third kappa shape index (κ3) is 2.26. The molecule has 108 valence electrons. The number of fused-ring (bicyclic) bond motifs is 1. The molecule has 0 atom stereocenters. The van der Waals surface area contributed by atoms with Gasteiger partial charge in [0.1, 0.15) is 0 Å². The van der Waals surface area contributed by atoms with Crippen molar-refractivity contribution in [2.24, 2.45) is 0 Å². The Morgan fingerprint density at radius 2 is 2.05 bits per heavy atom. The Morgan fingerprint density at radius 1 is 1.19 bits per heavy atom. The van der Waals surface area contributed by atoms with E-state index in [4.69, 9.17) is 4.98 Å². The molecule has 0 spiro atoms. The molecule has 0 saturated carbocycles. The van der Waals surface area contributed by atoms with Crippen LogP contribution in [0.25, 0.3) is 16.9 Å². The minimum Gasteiger partial charge on any atom is -0.338 e. The number of anilines is 1. The van der Waals surface area contributed by atoms with Crippen molar-refractivity contribution in [2.75, 3.05) is 38.1 Å². The number of rotatable bonds is 2. The van der Waals surface area contributed by atoms with Crippen LogP contribution in [0.1, 0.15) is 0 Å². The van der Waals surface area contributed by atoms with E-state index in [9.17, 15) is 0 Å². The fourth-order valence-corrected chi connectivity index (χ4v) is 3.16. The van der Waals surface area contributed by atoms with Gasteiger partial charge >= 0.3 is 0 Å². The maximum atomic E-state index is 4.80. The van der Waals surface area contributed by atoms with Crippen molar-refractivity contribution >= 4 is 22.9 Å². The van der Waals surface area contributed by atoms with Gasteiger partial charge in [0, 0.05) is 43.2 Å². The molecule has 21 heavy (non-hydrogen) atoms. The molecule has 0 radical (unpaired) electrons. The monoisotopic (exact) mass is 301 g/mol. The first-order valence-electron chi connectivity index (χ1n) is 6.86. The van der Waals surface area contributed by atoms with Crippen molar-refractivity contribution < 1.29 is 0 Å². The van der Waals surface area contributed by atoms with Gasteiger partial charge in [0.05, 0.1) is 5.69 Å². The van der Waals surface area contributed by atoms with Crippen molar-refractivity contribution in [1.82, 2.24) is 29.9 Å². The fraction of sp³-hybridized carbons (Fsp3) is 0.385. The summed E-state index contributed by atoms with van der Waals surface area (Å²) in [4.78, 5) is 9.36. The first kappa shape index (κ1) is 12.7. The van der Waals surface area contributed by atoms with Gasteiger partial charge in [-0.2, -0.15) is 15.9 Å². The highest BCUT2D eigenvalue weighted by molar-refractivity contribution is 7.08. The van der Waals surface area contributed by atoms with Crippen LogP contribution in [0.15, 0.2) is 22.9 Å². The average Bonchev–Trinajstić information content (AvgIpc) is 3.18. The second-order valence-electron chi connectivity index (χ2n) is 5.19. The summed E-state index contributed by atoms with van der Waals surface area (Å²) in [5.41, 5.74) is 2.77. The normalized spacial score (nSPS) is 16.7. The smallest absolute Gasteiger partial charge is 0.230 e. The van der Waals surface area contributed by atoms with Gasteiger partial charge in [-0.15, -0.1) is 5.10 Å². The zero-order valence-electron chi connectivity index (χ0n) is 11.7. The van der Waals surface area contributed by atoms with Gasteiger partial charge in [0.25, 0.3) is 0 Å². The van der Waals surface area contributed by atoms with Crippen molar-refractivity contribution in [1.29, 1.82) is 0 Å². The Hall–Kier alpha value is -2.06. The number of thiophene rings is 1. The number of tetrazole rings is 1. The van der Waals surface area contributed by atoms with Gasteiger partial charge in [0.2, 0.25) is 5.95 Å². The van der Waals surface area contributed by atoms with Crippen molar-refractivity contribution in [3.8, 4) is 11.3 Å². The first-order valence-corrected chi connectivity index (χ1v) is 7.81. The van der Waals surface area contributed by atoms with Crippen LogP contribution in [0.2, 0.25) is 0 Å². The minimum absolute atomic E-state index is 0.736. The summed E-state index contributed by atoms with van der Waals surface area (Å²) in [7, 11) is 2.14. The summed E-state index contributed by atoms with van der Waals surface area (Å²) in [5, 5.41) is 16.1. The van der Waals surface area contributed by atoms with Gasteiger partial charge in [-0.25, -0.2) is 4.98 Å². The van der Waals surface area contributed by atoms with Gasteiger partial charge in [-0.1, -0.05) is 0 Å². The summed E-state index contributed by atoms with van der Waals surface area (Å²) >= 11 is 1.66. The Bertz CT molecular complexity index is 743. The molecule has 0 N–H and O–H groups in total. The van der Waals surface area contributed by atoms with E-state index < -0.39 is 0 Å². The molecule has 0 unspecified atom stereocenters. The lowest BCUT2D eigenvalue weighted by Gasteiger charge is -2.32. The number of hydrogen-bond acceptors (Lipinski definition) is 7. The molecule has 8 heteroatoms. The average molecular weight is 301 g/mol. The highest BCUT2D eigenvalue weighted by Crippen LogP contribution is 2.24. The van der Waals surface area contributed by atoms with Crippen LogP contribution in [-0.4, -0.2) is 63.2 Å². The fourth-order valence-electron chi connectivity index (χ4n) is 2.51. The standard InChI is InChI=1S/C13H15N7S/c1-18-3-5-19(6-4-18)13-14-11(10-2-7-21-9-10)8-12-15-16-17-20(12)13/h2,7-9H,3-6H2,1H3. The number of aromatic nitrogens is 5. The first-order chi connectivity index (χ1) is 10.3. The number of hydrogen-bond donors (Lipinski definition) is 0. The maximum Gasteiger partial charge on any atom is 0.230 e. The molecule has 0 bridgehead atoms. The molecular formula is C13H15N7S. The zero-order valence-corrected chi connectivity index (χ0v) is 12.5. The molecule has 1 aliphatic rings. The van der Waals surface area contributed by atoms with Gasteiger partial charge in [-0.3, -0.25) is 0 Å². The van der Waals surface area contributed by atoms with Crippen molar-refractivity contribution in [3.63, 3.8) is 0 Å². The quantitative estimate of drug-likeness (QED) is 0.704. The van der Waals surface area contributed by atoms with Crippen LogP contribution in [0.4, 0.5) is 5.95 Å². The van der Waals surface area contributed by atoms with Gasteiger partial charge < -0.3 is 9.80 Å². The molecule has 3 aromatic heterocycles. The van der Waals surface area contributed by atoms with Crippen LogP contribution in [0.3, 0.4) is 0 Å². The van der Waals surface area contributed by atoms with Crippen LogP contribution in [0.5, 0.6) is 0 Å². The number of likely N-dealkylation sites (N-methyl/N-ethyl adjacent to an activating group) is 1. The van der Waals surface area contributed by atoms with E-state index >= 15 is 0 Å². The summed E-state index contributed by atoms with van der Waals surface area (Å²) in [6.45, 7) is 3.92. The minimum atomic E-state index is 0.736. The lowest BCUT2D eigenvalue weighted by atomic mass is 10.2. The SMILES string of the molecule is CN1CCN(c2nc(-c3ccsc3)cc3nnnn23)CC1. The van der Waals surface area contributed by atoms with Crippen molar-refractivity contribution in [3.05, 3.63) is 22.9 Å². The van der Waals surface area contributed by atoms with Crippen LogP contribution in [-0.2, 0) is 0 Å². The summed E-state index contributed by atoms with van der Waals surface area (Å²) < 4.78 is 1.72. The molecular weight excluding hydrogens is 286 g/mol. The zero-order chi connectivity index (χ0) is 14.2. The van der Waals surface area contributed by atoms with Crippen LogP contribution < -0.4 is 4.90 Å². The molecule has 1 aliphatic heterocycles. The Morgan fingerprint density at radius 3 is 2.81 bits per heavy atom. The van der Waals surface area contributed by atoms with E-state index in [1.165, 1.54) is 0 Å². The van der Waals surface area contributed by atoms with E-state index in [1.54, 1.807) is 15.9 Å². The molecule has 0 amide bonds. The predicted molar refractivity (Wildman–Crippen MR) is 81.6 cm³/mol. The molecule has 3 aromatic rings. The lowest BCUT2D eigenvalue weighted by molar-refractivity contribution is 0.310. The summed E-state index contributed by atoms with van der Waals surface area (Å²) in [6.07, 6.45) is 0. The number of nitrogens with zero attached hydrogens (tertiary/aromatic N) is 7. The van der Waals surface area contributed by atoms with Gasteiger partial charge in [0.15, 0.2) is 5.65 Å². The van der Waals surface area contributed by atoms with E-state index in [2.05, 4.69) is 49.2 Å².